The van der Waals surface area contributed by atoms with Crippen LogP contribution in [0.15, 0.2) is 18.3 Å². The molecule has 2 aliphatic rings. The van der Waals surface area contributed by atoms with Crippen molar-refractivity contribution in [3.05, 3.63) is 24.0 Å². The molecule has 2 aliphatic heterocycles. The summed E-state index contributed by atoms with van der Waals surface area (Å²) in [5.74, 6) is 0.557. The highest BCUT2D eigenvalue weighted by Crippen LogP contribution is 2.22. The van der Waals surface area contributed by atoms with Crippen molar-refractivity contribution in [3.8, 4) is 0 Å². The number of nitrogens with one attached hydrogen (secondary N) is 1. The molecule has 2 fully saturated rings. The Bertz CT molecular complexity index is 672. The number of sulfone groups is 1. The first-order valence-electron chi connectivity index (χ1n) is 8.15. The van der Waals surface area contributed by atoms with Gasteiger partial charge in [-0.1, -0.05) is 6.92 Å². The molecule has 3 heterocycles. The highest BCUT2D eigenvalue weighted by Gasteiger charge is 2.29. The number of hydrogen-bond donors (Lipinski definition) is 1. The van der Waals surface area contributed by atoms with E-state index in [1.54, 1.807) is 12.3 Å². The van der Waals surface area contributed by atoms with E-state index >= 15 is 0 Å². The van der Waals surface area contributed by atoms with Crippen molar-refractivity contribution >= 4 is 21.4 Å². The fraction of sp³-hybridized carbons (Fsp3) is 0.625. The van der Waals surface area contributed by atoms with E-state index in [1.807, 2.05) is 6.07 Å². The maximum atomic E-state index is 12.2. The second-order valence-corrected chi connectivity index (χ2v) is 8.90. The lowest BCUT2D eigenvalue weighted by Gasteiger charge is -2.32. The van der Waals surface area contributed by atoms with Crippen LogP contribution in [0.4, 0.5) is 5.69 Å². The Hall–Kier alpha value is -1.63. The Morgan fingerprint density at radius 1 is 1.35 bits per heavy atom. The zero-order chi connectivity index (χ0) is 16.4. The fourth-order valence-electron chi connectivity index (χ4n) is 3.30. The number of pyridine rings is 1. The van der Waals surface area contributed by atoms with Crippen LogP contribution in [-0.4, -0.2) is 49.9 Å². The number of carbonyl (C=O) groups excluding carboxylic acids is 1. The molecule has 0 saturated carbocycles. The van der Waals surface area contributed by atoms with Crippen LogP contribution in [0, 0.1) is 5.92 Å². The molecule has 0 aliphatic carbocycles. The van der Waals surface area contributed by atoms with Crippen LogP contribution in [0.25, 0.3) is 0 Å². The van der Waals surface area contributed by atoms with Gasteiger partial charge in [0.05, 0.1) is 23.4 Å². The van der Waals surface area contributed by atoms with E-state index in [9.17, 15) is 13.2 Å². The van der Waals surface area contributed by atoms with Gasteiger partial charge in [-0.3, -0.25) is 4.79 Å². The predicted molar refractivity (Wildman–Crippen MR) is 89.4 cm³/mol. The van der Waals surface area contributed by atoms with Crippen LogP contribution >= 0.6 is 0 Å². The standard InChI is InChI=1S/C16H23N3O3S/c1-12-3-2-7-19(10-12)14-4-5-15(17-9-14)16(20)18-13-6-8-23(21,22)11-13/h4-5,9,12-13H,2-3,6-8,10-11H2,1H3,(H,18,20). The topological polar surface area (TPSA) is 79.4 Å². The Labute approximate surface area is 137 Å². The molecule has 0 aromatic carbocycles. The van der Waals surface area contributed by atoms with Gasteiger partial charge in [-0.25, -0.2) is 13.4 Å². The molecule has 0 radical (unpaired) electrons. The Morgan fingerprint density at radius 2 is 2.17 bits per heavy atom. The van der Waals surface area contributed by atoms with Gasteiger partial charge in [-0.15, -0.1) is 0 Å². The molecular weight excluding hydrogens is 314 g/mol. The number of hydrogen-bond acceptors (Lipinski definition) is 5. The van der Waals surface area contributed by atoms with Crippen LogP contribution in [0.3, 0.4) is 0 Å². The highest BCUT2D eigenvalue weighted by molar-refractivity contribution is 7.91. The lowest BCUT2D eigenvalue weighted by molar-refractivity contribution is 0.0936. The van der Waals surface area contributed by atoms with Gasteiger partial charge in [-0.2, -0.15) is 0 Å². The Balaban J connectivity index is 1.61. The lowest BCUT2D eigenvalue weighted by Crippen LogP contribution is -2.36. The molecule has 126 valence electrons. The number of aromatic nitrogens is 1. The molecule has 0 bridgehead atoms. The molecule has 3 rings (SSSR count). The SMILES string of the molecule is CC1CCCN(c2ccc(C(=O)NC3CCS(=O)(=O)C3)nc2)C1. The first-order chi connectivity index (χ1) is 10.9. The van der Waals surface area contributed by atoms with Gasteiger partial charge >= 0.3 is 0 Å². The Kier molecular flexibility index (Phi) is 4.57. The van der Waals surface area contributed by atoms with Crippen molar-refractivity contribution in [3.63, 3.8) is 0 Å². The molecule has 2 unspecified atom stereocenters. The molecule has 7 heteroatoms. The van der Waals surface area contributed by atoms with Crippen LogP contribution < -0.4 is 10.2 Å². The molecule has 2 saturated heterocycles. The second kappa shape index (κ2) is 6.47. The molecule has 2 atom stereocenters. The van der Waals surface area contributed by atoms with Crippen molar-refractivity contribution in [1.82, 2.24) is 10.3 Å². The monoisotopic (exact) mass is 337 g/mol. The summed E-state index contributed by atoms with van der Waals surface area (Å²) in [6.45, 7) is 4.29. The summed E-state index contributed by atoms with van der Waals surface area (Å²) in [6.07, 6.45) is 4.66. The first kappa shape index (κ1) is 16.2. The van der Waals surface area contributed by atoms with Gasteiger partial charge < -0.3 is 10.2 Å². The summed E-state index contributed by atoms with van der Waals surface area (Å²) >= 11 is 0. The number of piperidine rings is 1. The summed E-state index contributed by atoms with van der Waals surface area (Å²) < 4.78 is 22.9. The van der Waals surface area contributed by atoms with Gasteiger partial charge in [0.1, 0.15) is 5.69 Å². The van der Waals surface area contributed by atoms with E-state index in [2.05, 4.69) is 22.1 Å². The van der Waals surface area contributed by atoms with Gasteiger partial charge in [0.25, 0.3) is 5.91 Å². The Morgan fingerprint density at radius 3 is 2.78 bits per heavy atom. The molecule has 1 N–H and O–H groups in total. The van der Waals surface area contributed by atoms with Gasteiger partial charge in [-0.05, 0) is 37.3 Å². The minimum absolute atomic E-state index is 0.0302. The van der Waals surface area contributed by atoms with Crippen molar-refractivity contribution in [2.45, 2.75) is 32.2 Å². The minimum atomic E-state index is -2.99. The van der Waals surface area contributed by atoms with Crippen molar-refractivity contribution in [2.24, 2.45) is 5.92 Å². The molecule has 0 spiro atoms. The summed E-state index contributed by atoms with van der Waals surface area (Å²) in [6, 6.07) is 3.34. The normalized spacial score (nSPS) is 26.9. The van der Waals surface area contributed by atoms with E-state index < -0.39 is 9.84 Å². The minimum Gasteiger partial charge on any atom is -0.370 e. The third-order valence-electron chi connectivity index (χ3n) is 4.57. The molecular formula is C16H23N3O3S. The third kappa shape index (κ3) is 4.02. The smallest absolute Gasteiger partial charge is 0.270 e. The maximum Gasteiger partial charge on any atom is 0.270 e. The predicted octanol–water partition coefficient (Wildman–Crippen LogP) is 1.23. The average Bonchev–Trinajstić information content (AvgIpc) is 2.86. The van der Waals surface area contributed by atoms with Crippen molar-refractivity contribution in [1.29, 1.82) is 0 Å². The highest BCUT2D eigenvalue weighted by atomic mass is 32.2. The summed E-state index contributed by atoms with van der Waals surface area (Å²) in [5, 5.41) is 2.76. The zero-order valence-corrected chi connectivity index (χ0v) is 14.2. The number of carbonyl (C=O) groups is 1. The van der Waals surface area contributed by atoms with Crippen LogP contribution in [-0.2, 0) is 9.84 Å². The van der Waals surface area contributed by atoms with Crippen LogP contribution in [0.5, 0.6) is 0 Å². The van der Waals surface area contributed by atoms with Crippen LogP contribution in [0.1, 0.15) is 36.7 Å². The van der Waals surface area contributed by atoms with E-state index in [0.717, 1.165) is 18.8 Å². The molecule has 1 amide bonds. The molecule has 6 nitrogen and oxygen atoms in total. The van der Waals surface area contributed by atoms with Crippen LogP contribution in [0.2, 0.25) is 0 Å². The van der Waals surface area contributed by atoms with E-state index in [1.165, 1.54) is 12.8 Å². The number of anilines is 1. The summed E-state index contributed by atoms with van der Waals surface area (Å²) in [4.78, 5) is 18.7. The van der Waals surface area contributed by atoms with E-state index in [0.29, 0.717) is 18.0 Å². The average molecular weight is 337 g/mol. The van der Waals surface area contributed by atoms with E-state index in [-0.39, 0.29) is 23.5 Å². The molecule has 1 aromatic rings. The fourth-order valence-corrected chi connectivity index (χ4v) is 4.97. The summed E-state index contributed by atoms with van der Waals surface area (Å²) in [7, 11) is -2.99. The second-order valence-electron chi connectivity index (χ2n) is 6.67. The lowest BCUT2D eigenvalue weighted by atomic mass is 10.00. The van der Waals surface area contributed by atoms with Gasteiger partial charge in [0, 0.05) is 19.1 Å². The molecule has 23 heavy (non-hydrogen) atoms. The molecule has 1 aromatic heterocycles. The quantitative estimate of drug-likeness (QED) is 0.897. The maximum absolute atomic E-state index is 12.2. The van der Waals surface area contributed by atoms with Gasteiger partial charge in [0.15, 0.2) is 9.84 Å². The van der Waals surface area contributed by atoms with E-state index in [4.69, 9.17) is 0 Å². The van der Waals surface area contributed by atoms with Crippen molar-refractivity contribution < 1.29 is 13.2 Å². The number of rotatable bonds is 3. The zero-order valence-electron chi connectivity index (χ0n) is 13.4. The largest absolute Gasteiger partial charge is 0.370 e. The third-order valence-corrected chi connectivity index (χ3v) is 6.34. The van der Waals surface area contributed by atoms with Crippen molar-refractivity contribution in [2.75, 3.05) is 29.5 Å². The number of amides is 1. The van der Waals surface area contributed by atoms with Gasteiger partial charge in [0.2, 0.25) is 0 Å². The summed E-state index contributed by atoms with van der Waals surface area (Å²) in [5.41, 5.74) is 1.37. The number of nitrogens with zero attached hydrogens (tertiary/aromatic N) is 2. The first-order valence-corrected chi connectivity index (χ1v) is 9.97.